The summed E-state index contributed by atoms with van der Waals surface area (Å²) in [7, 11) is 0. The lowest BCUT2D eigenvalue weighted by Crippen LogP contribution is -2.38. The number of thiazole rings is 1. The van der Waals surface area contributed by atoms with Crippen LogP contribution in [0, 0.1) is 6.92 Å². The highest BCUT2D eigenvalue weighted by Crippen LogP contribution is 2.39. The third-order valence-electron chi connectivity index (χ3n) is 4.75. The van der Waals surface area contributed by atoms with Gasteiger partial charge in [0.05, 0.1) is 21.8 Å². The second-order valence-corrected chi connectivity index (χ2v) is 7.78. The van der Waals surface area contributed by atoms with Gasteiger partial charge >= 0.3 is 0 Å². The van der Waals surface area contributed by atoms with Crippen LogP contribution in [-0.2, 0) is 13.1 Å². The standard InChI is InChI=1S/C17H17N5OS/c1-10-18-13-8-12(4-5-14(13)24-10)17(23)21-6-7-22-15(9-21)19-20-16(22)11-2-3-11/h4-5,8,11H,2-3,6-7,9H2,1H3. The summed E-state index contributed by atoms with van der Waals surface area (Å²) < 4.78 is 3.32. The molecule has 1 aliphatic carbocycles. The Labute approximate surface area is 143 Å². The summed E-state index contributed by atoms with van der Waals surface area (Å²) in [5.41, 5.74) is 1.60. The molecule has 0 N–H and O–H groups in total. The van der Waals surface area contributed by atoms with E-state index in [4.69, 9.17) is 0 Å². The van der Waals surface area contributed by atoms with Gasteiger partial charge in [-0.3, -0.25) is 4.79 Å². The monoisotopic (exact) mass is 339 g/mol. The summed E-state index contributed by atoms with van der Waals surface area (Å²) in [6.45, 7) is 4.02. The summed E-state index contributed by atoms with van der Waals surface area (Å²) in [4.78, 5) is 19.2. The number of hydrogen-bond acceptors (Lipinski definition) is 5. The zero-order chi connectivity index (χ0) is 16.3. The van der Waals surface area contributed by atoms with Crippen LogP contribution in [0.5, 0.6) is 0 Å². The van der Waals surface area contributed by atoms with Gasteiger partial charge < -0.3 is 9.47 Å². The Morgan fingerprint density at radius 1 is 1.25 bits per heavy atom. The number of fused-ring (bicyclic) bond motifs is 2. The molecule has 0 bridgehead atoms. The number of carbonyl (C=O) groups excluding carboxylic acids is 1. The van der Waals surface area contributed by atoms with E-state index >= 15 is 0 Å². The lowest BCUT2D eigenvalue weighted by atomic mass is 10.1. The number of hydrogen-bond donors (Lipinski definition) is 0. The number of benzene rings is 1. The van der Waals surface area contributed by atoms with Crippen molar-refractivity contribution in [1.82, 2.24) is 24.6 Å². The highest BCUT2D eigenvalue weighted by Gasteiger charge is 2.33. The van der Waals surface area contributed by atoms with Crippen LogP contribution >= 0.6 is 11.3 Å². The molecule has 6 nitrogen and oxygen atoms in total. The SMILES string of the molecule is Cc1nc2cc(C(=O)N3CCn4c(nnc4C4CC4)C3)ccc2s1. The van der Waals surface area contributed by atoms with Crippen molar-refractivity contribution in [2.75, 3.05) is 6.54 Å². The number of carbonyl (C=O) groups is 1. The molecule has 3 heterocycles. The van der Waals surface area contributed by atoms with E-state index in [0.29, 0.717) is 24.6 Å². The number of aryl methyl sites for hydroxylation is 1. The van der Waals surface area contributed by atoms with E-state index in [1.165, 1.54) is 12.8 Å². The molecule has 0 saturated heterocycles. The predicted molar refractivity (Wildman–Crippen MR) is 91.1 cm³/mol. The lowest BCUT2D eigenvalue weighted by Gasteiger charge is -2.28. The smallest absolute Gasteiger partial charge is 0.254 e. The van der Waals surface area contributed by atoms with Gasteiger partial charge in [0.1, 0.15) is 5.82 Å². The lowest BCUT2D eigenvalue weighted by molar-refractivity contribution is 0.0706. The van der Waals surface area contributed by atoms with Crippen molar-refractivity contribution in [2.24, 2.45) is 0 Å². The molecule has 0 radical (unpaired) electrons. The quantitative estimate of drug-likeness (QED) is 0.720. The van der Waals surface area contributed by atoms with Crippen LogP contribution in [0.1, 0.15) is 45.8 Å². The Bertz CT molecular complexity index is 955. The highest BCUT2D eigenvalue weighted by molar-refractivity contribution is 7.18. The molecule has 2 aromatic heterocycles. The van der Waals surface area contributed by atoms with Crippen LogP contribution in [0.4, 0.5) is 0 Å². The van der Waals surface area contributed by atoms with Gasteiger partial charge in [-0.05, 0) is 38.0 Å². The van der Waals surface area contributed by atoms with Crippen LogP contribution in [0.15, 0.2) is 18.2 Å². The maximum Gasteiger partial charge on any atom is 0.254 e. The van der Waals surface area contributed by atoms with Crippen molar-refractivity contribution in [3.05, 3.63) is 40.4 Å². The second-order valence-electron chi connectivity index (χ2n) is 6.54. The Balaban J connectivity index is 1.41. The summed E-state index contributed by atoms with van der Waals surface area (Å²) >= 11 is 1.65. The first-order valence-electron chi connectivity index (χ1n) is 8.27. The number of rotatable bonds is 2. The van der Waals surface area contributed by atoms with E-state index in [1.807, 2.05) is 30.0 Å². The molecule has 1 saturated carbocycles. The summed E-state index contributed by atoms with van der Waals surface area (Å²) in [5, 5.41) is 9.66. The number of amides is 1. The molecule has 1 aliphatic heterocycles. The molecule has 122 valence electrons. The molecule has 0 unspecified atom stereocenters. The first-order valence-corrected chi connectivity index (χ1v) is 9.09. The van der Waals surface area contributed by atoms with E-state index in [9.17, 15) is 4.79 Å². The minimum absolute atomic E-state index is 0.0461. The zero-order valence-corrected chi connectivity index (χ0v) is 14.2. The van der Waals surface area contributed by atoms with Crippen molar-refractivity contribution in [3.63, 3.8) is 0 Å². The van der Waals surface area contributed by atoms with Crippen molar-refractivity contribution in [3.8, 4) is 0 Å². The van der Waals surface area contributed by atoms with E-state index in [1.54, 1.807) is 11.3 Å². The van der Waals surface area contributed by atoms with Gasteiger partial charge in [0.2, 0.25) is 0 Å². The van der Waals surface area contributed by atoms with E-state index in [0.717, 1.165) is 33.4 Å². The molecule has 7 heteroatoms. The van der Waals surface area contributed by atoms with Gasteiger partial charge in [-0.2, -0.15) is 0 Å². The molecular weight excluding hydrogens is 322 g/mol. The second kappa shape index (κ2) is 5.11. The van der Waals surface area contributed by atoms with Crippen LogP contribution in [0.2, 0.25) is 0 Å². The first-order chi connectivity index (χ1) is 11.7. The molecule has 1 aromatic carbocycles. The van der Waals surface area contributed by atoms with E-state index < -0.39 is 0 Å². The maximum atomic E-state index is 12.9. The fraction of sp³-hybridized carbons (Fsp3) is 0.412. The number of nitrogens with zero attached hydrogens (tertiary/aromatic N) is 5. The van der Waals surface area contributed by atoms with Crippen LogP contribution in [-0.4, -0.2) is 37.1 Å². The predicted octanol–water partition coefficient (Wildman–Crippen LogP) is 2.73. The fourth-order valence-corrected chi connectivity index (χ4v) is 4.16. The molecule has 3 aromatic rings. The minimum atomic E-state index is 0.0461. The molecule has 24 heavy (non-hydrogen) atoms. The maximum absolute atomic E-state index is 12.9. The Kier molecular flexibility index (Phi) is 3.00. The molecule has 1 amide bonds. The topological polar surface area (TPSA) is 63.9 Å². The van der Waals surface area contributed by atoms with Crippen molar-refractivity contribution >= 4 is 27.5 Å². The molecular formula is C17H17N5OS. The minimum Gasteiger partial charge on any atom is -0.329 e. The van der Waals surface area contributed by atoms with Crippen LogP contribution in [0.3, 0.4) is 0 Å². The van der Waals surface area contributed by atoms with Gasteiger partial charge in [-0.1, -0.05) is 0 Å². The number of aromatic nitrogens is 4. The molecule has 1 fully saturated rings. The molecule has 2 aliphatic rings. The Morgan fingerprint density at radius 3 is 2.96 bits per heavy atom. The molecule has 0 atom stereocenters. The van der Waals surface area contributed by atoms with Crippen molar-refractivity contribution < 1.29 is 4.79 Å². The third kappa shape index (κ3) is 2.23. The normalized spacial score (nSPS) is 17.3. The fourth-order valence-electron chi connectivity index (χ4n) is 3.36. The first kappa shape index (κ1) is 14.1. The average Bonchev–Trinajstić information content (AvgIpc) is 3.23. The third-order valence-corrected chi connectivity index (χ3v) is 5.70. The van der Waals surface area contributed by atoms with Gasteiger partial charge in [0.15, 0.2) is 5.82 Å². The van der Waals surface area contributed by atoms with E-state index in [2.05, 4.69) is 19.7 Å². The summed E-state index contributed by atoms with van der Waals surface area (Å²) in [6.07, 6.45) is 2.43. The van der Waals surface area contributed by atoms with Crippen LogP contribution in [0.25, 0.3) is 10.2 Å². The largest absolute Gasteiger partial charge is 0.329 e. The average molecular weight is 339 g/mol. The van der Waals surface area contributed by atoms with Gasteiger partial charge in [0, 0.05) is 24.6 Å². The summed E-state index contributed by atoms with van der Waals surface area (Å²) in [5.74, 6) is 2.65. The van der Waals surface area contributed by atoms with Gasteiger partial charge in [0.25, 0.3) is 5.91 Å². The van der Waals surface area contributed by atoms with Gasteiger partial charge in [-0.15, -0.1) is 21.5 Å². The Hall–Kier alpha value is -2.28. The molecule has 5 rings (SSSR count). The molecule has 0 spiro atoms. The van der Waals surface area contributed by atoms with Gasteiger partial charge in [-0.25, -0.2) is 4.98 Å². The van der Waals surface area contributed by atoms with Crippen molar-refractivity contribution in [1.29, 1.82) is 0 Å². The van der Waals surface area contributed by atoms with E-state index in [-0.39, 0.29) is 5.91 Å². The highest BCUT2D eigenvalue weighted by atomic mass is 32.1. The summed E-state index contributed by atoms with van der Waals surface area (Å²) in [6, 6.07) is 5.79. The Morgan fingerprint density at radius 2 is 2.12 bits per heavy atom. The van der Waals surface area contributed by atoms with Crippen LogP contribution < -0.4 is 0 Å². The zero-order valence-electron chi connectivity index (χ0n) is 13.4. The van der Waals surface area contributed by atoms with Crippen molar-refractivity contribution in [2.45, 2.75) is 38.8 Å².